The Hall–Kier alpha value is -0.120. The molecule has 3 unspecified atom stereocenters. The first-order valence-electron chi connectivity index (χ1n) is 9.23. The van der Waals surface area contributed by atoms with Gasteiger partial charge in [-0.05, 0) is 25.2 Å². The molecule has 3 atom stereocenters. The van der Waals surface area contributed by atoms with Gasteiger partial charge in [-0.1, -0.05) is 58.8 Å². The first-order valence-corrected chi connectivity index (χ1v) is 9.23. The van der Waals surface area contributed by atoms with E-state index in [1.165, 1.54) is 57.8 Å². The predicted octanol–water partition coefficient (Wildman–Crippen LogP) is 3.89. The second kappa shape index (κ2) is 12.4. The van der Waals surface area contributed by atoms with Crippen molar-refractivity contribution in [1.82, 2.24) is 5.32 Å². The van der Waals surface area contributed by atoms with Gasteiger partial charge in [0.1, 0.15) is 0 Å². The van der Waals surface area contributed by atoms with E-state index in [0.29, 0.717) is 19.2 Å². The van der Waals surface area contributed by atoms with Crippen molar-refractivity contribution in [1.29, 1.82) is 0 Å². The van der Waals surface area contributed by atoms with Crippen molar-refractivity contribution in [3.63, 3.8) is 0 Å². The lowest BCUT2D eigenvalue weighted by Crippen LogP contribution is -2.42. The van der Waals surface area contributed by atoms with E-state index in [4.69, 9.17) is 4.74 Å². The normalized spacial score (nSPS) is 24.1. The molecule has 1 aliphatic carbocycles. The summed E-state index contributed by atoms with van der Waals surface area (Å²) in [5, 5.41) is 13.5. The van der Waals surface area contributed by atoms with Gasteiger partial charge in [0, 0.05) is 19.2 Å². The van der Waals surface area contributed by atoms with Crippen molar-refractivity contribution >= 4 is 0 Å². The van der Waals surface area contributed by atoms with Gasteiger partial charge >= 0.3 is 0 Å². The molecule has 1 aliphatic rings. The molecule has 126 valence electrons. The molecule has 0 spiro atoms. The maximum Gasteiger partial charge on any atom is 0.0897 e. The highest BCUT2D eigenvalue weighted by Gasteiger charge is 2.21. The standard InChI is InChI=1S/C18H37NO2/c1-3-4-5-6-7-10-13-21-15-17(20)14-19-18-12-9-8-11-16(18)2/h16-20H,3-15H2,1-2H3. The molecule has 1 fully saturated rings. The first-order chi connectivity index (χ1) is 10.2. The zero-order valence-electron chi connectivity index (χ0n) is 14.3. The van der Waals surface area contributed by atoms with Crippen LogP contribution < -0.4 is 5.32 Å². The van der Waals surface area contributed by atoms with Crippen LogP contribution in [0.2, 0.25) is 0 Å². The number of nitrogens with one attached hydrogen (secondary N) is 1. The lowest BCUT2D eigenvalue weighted by atomic mass is 9.86. The molecule has 0 aromatic heterocycles. The Morgan fingerprint density at radius 3 is 2.57 bits per heavy atom. The second-order valence-electron chi connectivity index (χ2n) is 6.77. The van der Waals surface area contributed by atoms with E-state index in [0.717, 1.165) is 18.9 Å². The molecule has 3 nitrogen and oxygen atoms in total. The monoisotopic (exact) mass is 299 g/mol. The van der Waals surface area contributed by atoms with Gasteiger partial charge in [-0.2, -0.15) is 0 Å². The highest BCUT2D eigenvalue weighted by Crippen LogP contribution is 2.23. The molecule has 0 radical (unpaired) electrons. The van der Waals surface area contributed by atoms with E-state index in [-0.39, 0.29) is 6.10 Å². The Kier molecular flexibility index (Phi) is 11.2. The zero-order chi connectivity index (χ0) is 15.3. The molecule has 0 aromatic rings. The van der Waals surface area contributed by atoms with Crippen molar-refractivity contribution in [3.8, 4) is 0 Å². The van der Waals surface area contributed by atoms with Crippen LogP contribution in [0.3, 0.4) is 0 Å². The van der Waals surface area contributed by atoms with Crippen molar-refractivity contribution in [2.45, 2.75) is 90.2 Å². The fourth-order valence-corrected chi connectivity index (χ4v) is 3.17. The Morgan fingerprint density at radius 1 is 1.10 bits per heavy atom. The van der Waals surface area contributed by atoms with Gasteiger partial charge in [0.25, 0.3) is 0 Å². The summed E-state index contributed by atoms with van der Waals surface area (Å²) in [4.78, 5) is 0. The summed E-state index contributed by atoms with van der Waals surface area (Å²) >= 11 is 0. The van der Waals surface area contributed by atoms with Gasteiger partial charge in [-0.25, -0.2) is 0 Å². The minimum Gasteiger partial charge on any atom is -0.389 e. The van der Waals surface area contributed by atoms with Crippen LogP contribution in [0.1, 0.15) is 78.1 Å². The van der Waals surface area contributed by atoms with E-state index in [1.54, 1.807) is 0 Å². The SMILES string of the molecule is CCCCCCCCOCC(O)CNC1CCCCC1C. The number of unbranched alkanes of at least 4 members (excludes halogenated alkanes) is 5. The number of hydrogen-bond acceptors (Lipinski definition) is 3. The number of rotatable bonds is 12. The summed E-state index contributed by atoms with van der Waals surface area (Å²) < 4.78 is 5.58. The van der Waals surface area contributed by atoms with E-state index in [9.17, 15) is 5.11 Å². The number of ether oxygens (including phenoxy) is 1. The van der Waals surface area contributed by atoms with E-state index in [1.807, 2.05) is 0 Å². The summed E-state index contributed by atoms with van der Waals surface area (Å²) in [5.74, 6) is 0.745. The molecule has 0 saturated heterocycles. The van der Waals surface area contributed by atoms with Crippen molar-refractivity contribution < 1.29 is 9.84 Å². The third-order valence-electron chi connectivity index (χ3n) is 4.68. The highest BCUT2D eigenvalue weighted by atomic mass is 16.5. The average Bonchev–Trinajstić information content (AvgIpc) is 2.49. The van der Waals surface area contributed by atoms with Gasteiger partial charge in [-0.15, -0.1) is 0 Å². The number of aliphatic hydroxyl groups excluding tert-OH is 1. The minimum absolute atomic E-state index is 0.362. The summed E-state index contributed by atoms with van der Waals surface area (Å²) in [5.41, 5.74) is 0. The predicted molar refractivity (Wildman–Crippen MR) is 89.6 cm³/mol. The Morgan fingerprint density at radius 2 is 1.81 bits per heavy atom. The summed E-state index contributed by atoms with van der Waals surface area (Å²) in [7, 11) is 0. The molecule has 0 bridgehead atoms. The molecule has 0 aromatic carbocycles. The number of hydrogen-bond donors (Lipinski definition) is 2. The lowest BCUT2D eigenvalue weighted by Gasteiger charge is -2.30. The molecule has 1 rings (SSSR count). The van der Waals surface area contributed by atoms with Crippen molar-refractivity contribution in [2.75, 3.05) is 19.8 Å². The fraction of sp³-hybridized carbons (Fsp3) is 1.00. The molecular formula is C18H37NO2. The molecule has 1 saturated carbocycles. The largest absolute Gasteiger partial charge is 0.389 e. The first kappa shape index (κ1) is 18.9. The average molecular weight is 299 g/mol. The third-order valence-corrected chi connectivity index (χ3v) is 4.68. The van der Waals surface area contributed by atoms with Gasteiger partial charge in [0.15, 0.2) is 0 Å². The van der Waals surface area contributed by atoms with E-state index >= 15 is 0 Å². The second-order valence-corrected chi connectivity index (χ2v) is 6.77. The minimum atomic E-state index is -0.362. The van der Waals surface area contributed by atoms with E-state index in [2.05, 4.69) is 19.2 Å². The Bertz CT molecular complexity index is 235. The molecule has 0 aliphatic heterocycles. The van der Waals surface area contributed by atoms with Crippen LogP contribution in [0.15, 0.2) is 0 Å². The zero-order valence-corrected chi connectivity index (χ0v) is 14.3. The third kappa shape index (κ3) is 9.49. The molecular weight excluding hydrogens is 262 g/mol. The van der Waals surface area contributed by atoms with Crippen LogP contribution in [-0.4, -0.2) is 37.0 Å². The van der Waals surface area contributed by atoms with Crippen molar-refractivity contribution in [2.24, 2.45) is 5.92 Å². The highest BCUT2D eigenvalue weighted by molar-refractivity contribution is 4.78. The van der Waals surface area contributed by atoms with Crippen LogP contribution >= 0.6 is 0 Å². The lowest BCUT2D eigenvalue weighted by molar-refractivity contribution is 0.0323. The summed E-state index contributed by atoms with van der Waals surface area (Å²) in [6.07, 6.45) is 12.6. The van der Waals surface area contributed by atoms with Gasteiger partial charge < -0.3 is 15.2 Å². The quantitative estimate of drug-likeness (QED) is 0.537. The maximum absolute atomic E-state index is 9.95. The Labute approximate surface area is 131 Å². The summed E-state index contributed by atoms with van der Waals surface area (Å²) in [6, 6.07) is 0.590. The van der Waals surface area contributed by atoms with Gasteiger partial charge in [0.2, 0.25) is 0 Å². The molecule has 0 amide bonds. The molecule has 0 heterocycles. The Balaban J connectivity index is 1.90. The van der Waals surface area contributed by atoms with Crippen LogP contribution in [0.4, 0.5) is 0 Å². The molecule has 2 N–H and O–H groups in total. The topological polar surface area (TPSA) is 41.5 Å². The molecule has 3 heteroatoms. The maximum atomic E-state index is 9.95. The van der Waals surface area contributed by atoms with Gasteiger partial charge in [-0.3, -0.25) is 0 Å². The summed E-state index contributed by atoms with van der Waals surface area (Å²) in [6.45, 7) is 6.50. The van der Waals surface area contributed by atoms with Crippen LogP contribution in [-0.2, 0) is 4.74 Å². The van der Waals surface area contributed by atoms with Gasteiger partial charge in [0.05, 0.1) is 12.7 Å². The van der Waals surface area contributed by atoms with Crippen LogP contribution in [0.25, 0.3) is 0 Å². The van der Waals surface area contributed by atoms with Crippen LogP contribution in [0, 0.1) is 5.92 Å². The number of aliphatic hydroxyl groups is 1. The van der Waals surface area contributed by atoms with Crippen molar-refractivity contribution in [3.05, 3.63) is 0 Å². The fourth-order valence-electron chi connectivity index (χ4n) is 3.17. The smallest absolute Gasteiger partial charge is 0.0897 e. The van der Waals surface area contributed by atoms with E-state index < -0.39 is 0 Å². The molecule has 21 heavy (non-hydrogen) atoms. The van der Waals surface area contributed by atoms with Crippen LogP contribution in [0.5, 0.6) is 0 Å².